The predicted molar refractivity (Wildman–Crippen MR) is 88.4 cm³/mol. The quantitative estimate of drug-likeness (QED) is 0.791. The van der Waals surface area contributed by atoms with Gasteiger partial charge in [-0.2, -0.15) is 0 Å². The Morgan fingerprint density at radius 1 is 1.33 bits per heavy atom. The van der Waals surface area contributed by atoms with Crippen molar-refractivity contribution in [2.45, 2.75) is 26.7 Å². The standard InChI is InChI=1S/C17H21NO2S/c1-3-20-17(19)16-15(18-10-8-12(2)9-11-18)13-6-4-5-7-14(13)21-16/h4-7,12H,3,8-11H2,1-2H3. The van der Waals surface area contributed by atoms with Gasteiger partial charge in [-0.05, 0) is 31.7 Å². The van der Waals surface area contributed by atoms with Gasteiger partial charge < -0.3 is 9.64 Å². The number of anilines is 1. The first-order chi connectivity index (χ1) is 10.2. The predicted octanol–water partition coefficient (Wildman–Crippen LogP) is 4.31. The molecule has 1 aromatic carbocycles. The number of carbonyl (C=O) groups is 1. The summed E-state index contributed by atoms with van der Waals surface area (Å²) in [4.78, 5) is 15.4. The summed E-state index contributed by atoms with van der Waals surface area (Å²) in [6.45, 7) is 6.62. The lowest BCUT2D eigenvalue weighted by Crippen LogP contribution is -2.33. The number of esters is 1. The number of nitrogens with zero attached hydrogens (tertiary/aromatic N) is 1. The monoisotopic (exact) mass is 303 g/mol. The summed E-state index contributed by atoms with van der Waals surface area (Å²) < 4.78 is 6.42. The zero-order chi connectivity index (χ0) is 14.8. The molecule has 0 aliphatic carbocycles. The summed E-state index contributed by atoms with van der Waals surface area (Å²) in [6, 6.07) is 8.26. The molecule has 0 atom stereocenters. The Morgan fingerprint density at radius 3 is 2.76 bits per heavy atom. The number of fused-ring (bicyclic) bond motifs is 1. The highest BCUT2D eigenvalue weighted by molar-refractivity contribution is 7.21. The molecule has 1 aliphatic heterocycles. The Labute approximate surface area is 129 Å². The zero-order valence-electron chi connectivity index (χ0n) is 12.6. The Balaban J connectivity index is 2.05. The van der Waals surface area contributed by atoms with Gasteiger partial charge in [0.15, 0.2) is 0 Å². The number of ether oxygens (including phenoxy) is 1. The minimum Gasteiger partial charge on any atom is -0.462 e. The van der Waals surface area contributed by atoms with Gasteiger partial charge >= 0.3 is 5.97 Å². The van der Waals surface area contributed by atoms with Gasteiger partial charge in [0.05, 0.1) is 12.3 Å². The van der Waals surface area contributed by atoms with Crippen LogP contribution in [0.2, 0.25) is 0 Å². The van der Waals surface area contributed by atoms with Crippen molar-refractivity contribution in [3.8, 4) is 0 Å². The van der Waals surface area contributed by atoms with Gasteiger partial charge in [0, 0.05) is 23.2 Å². The number of hydrogen-bond donors (Lipinski definition) is 0. The van der Waals surface area contributed by atoms with E-state index >= 15 is 0 Å². The van der Waals surface area contributed by atoms with Crippen LogP contribution in [0.3, 0.4) is 0 Å². The molecule has 0 unspecified atom stereocenters. The van der Waals surface area contributed by atoms with E-state index in [1.165, 1.54) is 18.2 Å². The molecule has 0 saturated carbocycles. The van der Waals surface area contributed by atoms with Crippen LogP contribution in [-0.2, 0) is 4.74 Å². The van der Waals surface area contributed by atoms with Crippen molar-refractivity contribution in [3.05, 3.63) is 29.1 Å². The van der Waals surface area contributed by atoms with Crippen LogP contribution in [0.1, 0.15) is 36.4 Å². The number of rotatable bonds is 3. The minimum absolute atomic E-state index is 0.188. The summed E-state index contributed by atoms with van der Waals surface area (Å²) in [5.41, 5.74) is 1.08. The van der Waals surface area contributed by atoms with Crippen molar-refractivity contribution in [3.63, 3.8) is 0 Å². The lowest BCUT2D eigenvalue weighted by atomic mass is 9.98. The summed E-state index contributed by atoms with van der Waals surface area (Å²) in [5.74, 6) is 0.588. The fraction of sp³-hybridized carbons (Fsp3) is 0.471. The molecule has 21 heavy (non-hydrogen) atoms. The van der Waals surface area contributed by atoms with Gasteiger partial charge in [-0.3, -0.25) is 0 Å². The van der Waals surface area contributed by atoms with Crippen molar-refractivity contribution in [1.29, 1.82) is 0 Å². The third kappa shape index (κ3) is 2.77. The van der Waals surface area contributed by atoms with E-state index in [9.17, 15) is 4.79 Å². The van der Waals surface area contributed by atoms with Gasteiger partial charge in [-0.25, -0.2) is 4.79 Å². The molecule has 3 rings (SSSR count). The molecule has 112 valence electrons. The maximum absolute atomic E-state index is 12.3. The van der Waals surface area contributed by atoms with Gasteiger partial charge in [-0.1, -0.05) is 25.1 Å². The number of piperidine rings is 1. The fourth-order valence-electron chi connectivity index (χ4n) is 2.91. The molecular formula is C17H21NO2S. The SMILES string of the molecule is CCOC(=O)c1sc2ccccc2c1N1CCC(C)CC1. The first-order valence-corrected chi connectivity index (χ1v) is 8.46. The van der Waals surface area contributed by atoms with Crippen molar-refractivity contribution in [2.75, 3.05) is 24.6 Å². The number of thiophene rings is 1. The normalized spacial score (nSPS) is 16.4. The van der Waals surface area contributed by atoms with Crippen LogP contribution in [0, 0.1) is 5.92 Å². The van der Waals surface area contributed by atoms with E-state index in [0.29, 0.717) is 6.61 Å². The van der Waals surface area contributed by atoms with Crippen molar-refractivity contribution in [1.82, 2.24) is 0 Å². The summed E-state index contributed by atoms with van der Waals surface area (Å²) in [5, 5.41) is 1.18. The molecule has 0 amide bonds. The number of hydrogen-bond acceptors (Lipinski definition) is 4. The summed E-state index contributed by atoms with van der Waals surface area (Å²) in [6.07, 6.45) is 2.37. The second-order valence-electron chi connectivity index (χ2n) is 5.67. The van der Waals surface area contributed by atoms with E-state index in [4.69, 9.17) is 4.74 Å². The first-order valence-electron chi connectivity index (χ1n) is 7.64. The van der Waals surface area contributed by atoms with E-state index in [0.717, 1.165) is 34.3 Å². The Hall–Kier alpha value is -1.55. The van der Waals surface area contributed by atoms with E-state index in [1.807, 2.05) is 19.1 Å². The van der Waals surface area contributed by atoms with Gasteiger partial charge in [0.2, 0.25) is 0 Å². The van der Waals surface area contributed by atoms with E-state index in [2.05, 4.69) is 24.0 Å². The third-order valence-corrected chi connectivity index (χ3v) is 5.27. The lowest BCUT2D eigenvalue weighted by Gasteiger charge is -2.32. The molecule has 0 spiro atoms. The molecule has 1 fully saturated rings. The van der Waals surface area contributed by atoms with Crippen molar-refractivity contribution in [2.24, 2.45) is 5.92 Å². The van der Waals surface area contributed by atoms with E-state index < -0.39 is 0 Å². The van der Waals surface area contributed by atoms with Crippen LogP contribution < -0.4 is 4.90 Å². The smallest absolute Gasteiger partial charge is 0.350 e. The van der Waals surface area contributed by atoms with Crippen LogP contribution in [0.25, 0.3) is 10.1 Å². The Kier molecular flexibility index (Phi) is 4.15. The lowest BCUT2D eigenvalue weighted by molar-refractivity contribution is 0.0533. The average molecular weight is 303 g/mol. The molecule has 2 aromatic rings. The average Bonchev–Trinajstić information content (AvgIpc) is 2.88. The molecular weight excluding hydrogens is 282 g/mol. The molecule has 1 saturated heterocycles. The maximum atomic E-state index is 12.3. The molecule has 2 heterocycles. The first kappa shape index (κ1) is 14.4. The molecule has 0 N–H and O–H groups in total. The van der Waals surface area contributed by atoms with Crippen LogP contribution in [0.4, 0.5) is 5.69 Å². The minimum atomic E-state index is -0.188. The van der Waals surface area contributed by atoms with Gasteiger partial charge in [-0.15, -0.1) is 11.3 Å². The number of carbonyl (C=O) groups excluding carboxylic acids is 1. The van der Waals surface area contributed by atoms with Crippen LogP contribution in [0.15, 0.2) is 24.3 Å². The second-order valence-corrected chi connectivity index (χ2v) is 6.72. The Morgan fingerprint density at radius 2 is 2.05 bits per heavy atom. The molecule has 1 aliphatic rings. The highest BCUT2D eigenvalue weighted by atomic mass is 32.1. The van der Waals surface area contributed by atoms with Crippen LogP contribution in [-0.4, -0.2) is 25.7 Å². The highest BCUT2D eigenvalue weighted by Gasteiger charge is 2.26. The van der Waals surface area contributed by atoms with Crippen molar-refractivity contribution >= 4 is 33.1 Å². The largest absolute Gasteiger partial charge is 0.462 e. The topological polar surface area (TPSA) is 29.5 Å². The summed E-state index contributed by atoms with van der Waals surface area (Å²) in [7, 11) is 0. The van der Waals surface area contributed by atoms with Gasteiger partial charge in [0.25, 0.3) is 0 Å². The number of benzene rings is 1. The van der Waals surface area contributed by atoms with Crippen LogP contribution in [0.5, 0.6) is 0 Å². The Bertz CT molecular complexity index is 641. The molecule has 1 aromatic heterocycles. The highest BCUT2D eigenvalue weighted by Crippen LogP contribution is 2.40. The zero-order valence-corrected chi connectivity index (χ0v) is 13.4. The van der Waals surface area contributed by atoms with Crippen LogP contribution >= 0.6 is 11.3 Å². The molecule has 0 radical (unpaired) electrons. The van der Waals surface area contributed by atoms with Crippen molar-refractivity contribution < 1.29 is 9.53 Å². The molecule has 3 nitrogen and oxygen atoms in total. The fourth-order valence-corrected chi connectivity index (χ4v) is 4.03. The summed E-state index contributed by atoms with van der Waals surface area (Å²) >= 11 is 1.55. The van der Waals surface area contributed by atoms with E-state index in [-0.39, 0.29) is 5.97 Å². The molecule has 4 heteroatoms. The molecule has 0 bridgehead atoms. The third-order valence-electron chi connectivity index (χ3n) is 4.13. The van der Waals surface area contributed by atoms with Gasteiger partial charge in [0.1, 0.15) is 4.88 Å². The maximum Gasteiger partial charge on any atom is 0.350 e. The van der Waals surface area contributed by atoms with E-state index in [1.54, 1.807) is 11.3 Å². The second kappa shape index (κ2) is 6.06.